The van der Waals surface area contributed by atoms with Crippen LogP contribution in [-0.4, -0.2) is 20.5 Å². The zero-order chi connectivity index (χ0) is 12.5. The van der Waals surface area contributed by atoms with E-state index in [0.29, 0.717) is 6.20 Å². The maximum Gasteiger partial charge on any atom is 0.266 e. The van der Waals surface area contributed by atoms with Crippen molar-refractivity contribution in [2.75, 3.05) is 7.11 Å². The molecule has 0 unspecified atom stereocenters. The molecule has 0 amide bonds. The summed E-state index contributed by atoms with van der Waals surface area (Å²) in [5.41, 5.74) is -0.906. The number of hydrogen-bond donors (Lipinski definition) is 1. The highest BCUT2D eigenvalue weighted by Crippen LogP contribution is 2.36. The Hall–Kier alpha value is -0.990. The number of alkyl halides is 2. The van der Waals surface area contributed by atoms with Gasteiger partial charge in [0.15, 0.2) is 0 Å². The van der Waals surface area contributed by atoms with Crippen LogP contribution in [0.25, 0.3) is 0 Å². The zero-order valence-corrected chi connectivity index (χ0v) is 9.52. The van der Waals surface area contributed by atoms with E-state index in [4.69, 9.17) is 16.7 Å². The minimum Gasteiger partial charge on any atom is -0.480 e. The zero-order valence-electron chi connectivity index (χ0n) is 7.95. The highest BCUT2D eigenvalue weighted by Gasteiger charge is 2.26. The van der Waals surface area contributed by atoms with Gasteiger partial charge in [-0.2, -0.15) is 0 Å². The van der Waals surface area contributed by atoms with Crippen molar-refractivity contribution in [2.45, 2.75) is 11.3 Å². The molecular weight excluding hydrogens is 266 g/mol. The summed E-state index contributed by atoms with van der Waals surface area (Å²) in [6.07, 6.45) is -2.42. The Morgan fingerprint density at radius 2 is 2.12 bits per heavy atom. The van der Waals surface area contributed by atoms with Crippen LogP contribution < -0.4 is 9.88 Å². The highest BCUT2D eigenvalue weighted by molar-refractivity contribution is 7.89. The molecule has 2 N–H and O–H groups in total. The maximum atomic E-state index is 12.6. The number of primary sulfonamides is 1. The van der Waals surface area contributed by atoms with Gasteiger partial charge >= 0.3 is 0 Å². The quantitative estimate of drug-likeness (QED) is 0.900. The predicted molar refractivity (Wildman–Crippen MR) is 52.1 cm³/mol. The van der Waals surface area contributed by atoms with Crippen LogP contribution in [0.4, 0.5) is 8.78 Å². The van der Waals surface area contributed by atoms with Crippen molar-refractivity contribution in [1.82, 2.24) is 4.98 Å². The molecule has 90 valence electrons. The molecule has 0 fully saturated rings. The van der Waals surface area contributed by atoms with Crippen LogP contribution in [0.5, 0.6) is 5.88 Å². The van der Waals surface area contributed by atoms with Crippen molar-refractivity contribution in [1.29, 1.82) is 0 Å². The first-order valence-electron chi connectivity index (χ1n) is 3.82. The van der Waals surface area contributed by atoms with Crippen LogP contribution in [0.15, 0.2) is 11.1 Å². The summed E-state index contributed by atoms with van der Waals surface area (Å²) in [7, 11) is -3.14. The molecule has 0 aliphatic carbocycles. The first kappa shape index (κ1) is 13.1. The van der Waals surface area contributed by atoms with E-state index in [1.807, 2.05) is 0 Å². The van der Waals surface area contributed by atoms with E-state index >= 15 is 0 Å². The molecule has 0 saturated heterocycles. The van der Waals surface area contributed by atoms with E-state index < -0.39 is 31.9 Å². The van der Waals surface area contributed by atoms with Gasteiger partial charge in [0.25, 0.3) is 6.43 Å². The molecule has 1 aromatic heterocycles. The number of pyridine rings is 1. The SMILES string of the molecule is COc1ncc(S(N)(=O)=O)c(C(F)F)c1Cl. The average molecular weight is 273 g/mol. The number of rotatable bonds is 3. The van der Waals surface area contributed by atoms with Gasteiger partial charge in [0.1, 0.15) is 9.92 Å². The Balaban J connectivity index is 3.60. The highest BCUT2D eigenvalue weighted by atomic mass is 35.5. The molecular formula is C7H7ClF2N2O3S. The van der Waals surface area contributed by atoms with Crippen LogP contribution in [0.3, 0.4) is 0 Å². The van der Waals surface area contributed by atoms with E-state index in [1.165, 1.54) is 7.11 Å². The monoisotopic (exact) mass is 272 g/mol. The van der Waals surface area contributed by atoms with Crippen molar-refractivity contribution in [2.24, 2.45) is 5.14 Å². The van der Waals surface area contributed by atoms with Gasteiger partial charge in [-0.05, 0) is 0 Å². The van der Waals surface area contributed by atoms with Gasteiger partial charge in [-0.25, -0.2) is 27.3 Å². The lowest BCUT2D eigenvalue weighted by Gasteiger charge is -2.10. The largest absolute Gasteiger partial charge is 0.480 e. The van der Waals surface area contributed by atoms with Crippen molar-refractivity contribution < 1.29 is 21.9 Å². The summed E-state index contributed by atoms with van der Waals surface area (Å²) in [6.45, 7) is 0. The smallest absolute Gasteiger partial charge is 0.266 e. The number of nitrogens with two attached hydrogens (primary N) is 1. The van der Waals surface area contributed by atoms with Crippen LogP contribution in [0.1, 0.15) is 12.0 Å². The normalized spacial score (nSPS) is 11.9. The number of halogens is 3. The summed E-state index contributed by atoms with van der Waals surface area (Å²) in [5, 5.41) is 4.19. The molecule has 0 saturated carbocycles. The molecule has 1 rings (SSSR count). The molecule has 1 aromatic rings. The van der Waals surface area contributed by atoms with Crippen molar-refractivity contribution in [3.8, 4) is 5.88 Å². The van der Waals surface area contributed by atoms with Crippen molar-refractivity contribution in [3.63, 3.8) is 0 Å². The fourth-order valence-electron chi connectivity index (χ4n) is 1.04. The number of sulfonamides is 1. The molecule has 0 spiro atoms. The summed E-state index contributed by atoms with van der Waals surface area (Å²) in [4.78, 5) is 2.65. The molecule has 9 heteroatoms. The van der Waals surface area contributed by atoms with E-state index in [2.05, 4.69) is 9.72 Å². The van der Waals surface area contributed by atoms with Crippen LogP contribution in [0.2, 0.25) is 5.02 Å². The van der Waals surface area contributed by atoms with Crippen molar-refractivity contribution in [3.05, 3.63) is 16.8 Å². The topological polar surface area (TPSA) is 82.3 Å². The van der Waals surface area contributed by atoms with E-state index in [1.54, 1.807) is 0 Å². The van der Waals surface area contributed by atoms with Gasteiger partial charge in [-0.15, -0.1) is 0 Å². The van der Waals surface area contributed by atoms with Gasteiger partial charge in [0.2, 0.25) is 15.9 Å². The summed E-state index contributed by atoms with van der Waals surface area (Å²) < 4.78 is 51.9. The number of hydrogen-bond acceptors (Lipinski definition) is 4. The Morgan fingerprint density at radius 3 is 2.50 bits per heavy atom. The third-order valence-corrected chi connectivity index (χ3v) is 3.01. The average Bonchev–Trinajstić information content (AvgIpc) is 2.15. The molecule has 1 heterocycles. The summed E-state index contributed by atoms with van der Waals surface area (Å²) in [5.74, 6) is -0.288. The van der Waals surface area contributed by atoms with Crippen molar-refractivity contribution >= 4 is 21.6 Å². The molecule has 0 aliphatic heterocycles. The van der Waals surface area contributed by atoms with E-state index in [9.17, 15) is 17.2 Å². The number of ether oxygens (including phenoxy) is 1. The Morgan fingerprint density at radius 1 is 1.56 bits per heavy atom. The molecule has 5 nitrogen and oxygen atoms in total. The van der Waals surface area contributed by atoms with E-state index in [-0.39, 0.29) is 5.88 Å². The van der Waals surface area contributed by atoms with Gasteiger partial charge in [0.05, 0.1) is 18.9 Å². The van der Waals surface area contributed by atoms with Gasteiger partial charge in [-0.3, -0.25) is 0 Å². The third kappa shape index (κ3) is 2.39. The number of methoxy groups -OCH3 is 1. The van der Waals surface area contributed by atoms with Gasteiger partial charge in [0, 0.05) is 0 Å². The Kier molecular flexibility index (Phi) is 3.66. The second-order valence-corrected chi connectivity index (χ2v) is 4.61. The fraction of sp³-hybridized carbons (Fsp3) is 0.286. The van der Waals surface area contributed by atoms with Crippen LogP contribution in [0, 0.1) is 0 Å². The van der Waals surface area contributed by atoms with Gasteiger partial charge in [-0.1, -0.05) is 11.6 Å². The summed E-state index contributed by atoms with van der Waals surface area (Å²) >= 11 is 5.53. The molecule has 0 radical (unpaired) electrons. The first-order chi connectivity index (χ1) is 7.29. The second kappa shape index (κ2) is 4.48. The Labute approximate surface area is 95.2 Å². The minimum atomic E-state index is -4.31. The lowest BCUT2D eigenvalue weighted by molar-refractivity contribution is 0.147. The summed E-state index contributed by atoms with van der Waals surface area (Å²) in [6, 6.07) is 0. The number of nitrogens with zero attached hydrogens (tertiary/aromatic N) is 1. The second-order valence-electron chi connectivity index (χ2n) is 2.71. The molecule has 0 bridgehead atoms. The lowest BCUT2D eigenvalue weighted by atomic mass is 10.3. The number of aromatic nitrogens is 1. The fourth-order valence-corrected chi connectivity index (χ4v) is 2.10. The molecule has 0 aliphatic rings. The predicted octanol–water partition coefficient (Wildman–Crippen LogP) is 1.33. The van der Waals surface area contributed by atoms with Gasteiger partial charge < -0.3 is 4.74 Å². The van der Waals surface area contributed by atoms with Crippen LogP contribution in [-0.2, 0) is 10.0 Å². The Bertz CT molecular complexity index is 507. The first-order valence-corrected chi connectivity index (χ1v) is 5.74. The maximum absolute atomic E-state index is 12.6. The molecule has 0 atom stereocenters. The molecule has 0 aromatic carbocycles. The third-order valence-electron chi connectivity index (χ3n) is 1.71. The molecule has 16 heavy (non-hydrogen) atoms. The van der Waals surface area contributed by atoms with Crippen LogP contribution >= 0.6 is 11.6 Å². The minimum absolute atomic E-state index is 0.288. The van der Waals surface area contributed by atoms with E-state index in [0.717, 1.165) is 0 Å². The standard InChI is InChI=1S/C7H7ClF2N2O3S/c1-15-7-5(8)4(6(9)10)3(2-12-7)16(11,13)14/h2,6H,1H3,(H2,11,13,14). The lowest BCUT2D eigenvalue weighted by Crippen LogP contribution is -2.16.